The van der Waals surface area contributed by atoms with Crippen LogP contribution in [0.2, 0.25) is 0 Å². The average molecular weight is 526 g/mol. The number of thiocarbonyl (C=S) groups is 1. The van der Waals surface area contributed by atoms with Crippen molar-refractivity contribution in [3.05, 3.63) is 89.8 Å². The van der Waals surface area contributed by atoms with Gasteiger partial charge in [0.15, 0.2) is 5.11 Å². The molecule has 6 nitrogen and oxygen atoms in total. The molecule has 2 fully saturated rings. The first-order chi connectivity index (χ1) is 18.3. The monoisotopic (exact) mass is 525 g/mol. The summed E-state index contributed by atoms with van der Waals surface area (Å²) in [5.41, 5.74) is 8.28. The molecule has 2 saturated heterocycles. The van der Waals surface area contributed by atoms with Crippen molar-refractivity contribution in [3.63, 3.8) is 0 Å². The number of benzene rings is 2. The molecule has 2 atom stereocenters. The Morgan fingerprint density at radius 2 is 1.74 bits per heavy atom. The number of morpholine rings is 1. The highest BCUT2D eigenvalue weighted by Gasteiger charge is 2.41. The number of hydrogen-bond acceptors (Lipinski definition) is 5. The van der Waals surface area contributed by atoms with Gasteiger partial charge in [-0.25, -0.2) is 0 Å². The number of fused-ring (bicyclic) bond motifs is 1. The molecule has 0 bridgehead atoms. The summed E-state index contributed by atoms with van der Waals surface area (Å²) in [6.07, 6.45) is 4.21. The van der Waals surface area contributed by atoms with Gasteiger partial charge in [-0.2, -0.15) is 0 Å². The first-order valence-electron chi connectivity index (χ1n) is 13.3. The summed E-state index contributed by atoms with van der Waals surface area (Å²) in [7, 11) is 2.17. The molecule has 1 N–H and O–H groups in total. The molecule has 0 radical (unpaired) electrons. The van der Waals surface area contributed by atoms with Crippen LogP contribution in [0.25, 0.3) is 5.57 Å². The van der Waals surface area contributed by atoms with Crippen molar-refractivity contribution in [2.24, 2.45) is 0 Å². The van der Waals surface area contributed by atoms with Crippen LogP contribution in [-0.2, 0) is 4.74 Å². The Morgan fingerprint density at radius 1 is 1.00 bits per heavy atom. The molecular formula is C31H35N5OS. The lowest BCUT2D eigenvalue weighted by Crippen LogP contribution is -2.42. The van der Waals surface area contributed by atoms with Crippen LogP contribution in [0.3, 0.4) is 0 Å². The van der Waals surface area contributed by atoms with E-state index in [9.17, 15) is 0 Å². The van der Waals surface area contributed by atoms with Crippen LogP contribution in [0.15, 0.2) is 72.9 Å². The van der Waals surface area contributed by atoms with Gasteiger partial charge in [0.1, 0.15) is 0 Å². The minimum absolute atomic E-state index is 0.0279. The summed E-state index contributed by atoms with van der Waals surface area (Å²) >= 11 is 5.97. The lowest BCUT2D eigenvalue weighted by molar-refractivity contribution is 0.122. The van der Waals surface area contributed by atoms with Crippen LogP contribution >= 0.6 is 12.2 Å². The van der Waals surface area contributed by atoms with Gasteiger partial charge in [0.25, 0.3) is 0 Å². The van der Waals surface area contributed by atoms with Crippen LogP contribution in [0.5, 0.6) is 0 Å². The fraction of sp³-hybridized carbons (Fsp3) is 0.355. The van der Waals surface area contributed by atoms with E-state index in [4.69, 9.17) is 21.9 Å². The minimum Gasteiger partial charge on any atom is -0.378 e. The van der Waals surface area contributed by atoms with Gasteiger partial charge < -0.3 is 24.8 Å². The van der Waals surface area contributed by atoms with Crippen LogP contribution in [0.1, 0.15) is 49.7 Å². The van der Waals surface area contributed by atoms with Crippen molar-refractivity contribution >= 4 is 40.0 Å². The molecule has 0 aliphatic carbocycles. The van der Waals surface area contributed by atoms with Crippen LogP contribution in [0.4, 0.5) is 17.1 Å². The number of nitrogens with zero attached hydrogens (tertiary/aromatic N) is 4. The van der Waals surface area contributed by atoms with Crippen molar-refractivity contribution in [3.8, 4) is 0 Å². The summed E-state index contributed by atoms with van der Waals surface area (Å²) in [6.45, 7) is 10.1. The Kier molecular flexibility index (Phi) is 6.36. The summed E-state index contributed by atoms with van der Waals surface area (Å²) in [6, 6.07) is 21.6. The number of likely N-dealkylation sites (N-methyl/N-ethyl adjacent to an activating group) is 1. The van der Waals surface area contributed by atoms with Crippen molar-refractivity contribution in [2.75, 3.05) is 48.1 Å². The number of allylic oxidation sites excluding steroid dienone is 1. The third kappa shape index (κ3) is 4.33. The quantitative estimate of drug-likeness (QED) is 0.437. The van der Waals surface area contributed by atoms with Crippen molar-refractivity contribution in [1.82, 2.24) is 10.3 Å². The topological polar surface area (TPSA) is 43.9 Å². The Labute approximate surface area is 230 Å². The van der Waals surface area contributed by atoms with E-state index in [0.29, 0.717) is 5.11 Å². The second kappa shape index (κ2) is 9.71. The molecule has 3 aliphatic heterocycles. The van der Waals surface area contributed by atoms with E-state index in [1.807, 2.05) is 18.3 Å². The molecule has 1 aromatic heterocycles. The molecule has 3 aliphatic rings. The maximum atomic E-state index is 5.97. The number of ether oxygens (including phenoxy) is 1. The van der Waals surface area contributed by atoms with Crippen molar-refractivity contribution in [1.29, 1.82) is 0 Å². The van der Waals surface area contributed by atoms with E-state index in [1.54, 1.807) is 0 Å². The van der Waals surface area contributed by atoms with Gasteiger partial charge in [-0.05, 0) is 92.7 Å². The second-order valence-corrected chi connectivity index (χ2v) is 11.3. The second-order valence-electron chi connectivity index (χ2n) is 10.9. The molecule has 0 saturated carbocycles. The largest absolute Gasteiger partial charge is 0.378 e. The number of rotatable bonds is 4. The lowest BCUT2D eigenvalue weighted by atomic mass is 9.86. The minimum atomic E-state index is -0.0669. The van der Waals surface area contributed by atoms with E-state index in [1.165, 1.54) is 28.1 Å². The normalized spacial score (nSPS) is 22.7. The first-order valence-corrected chi connectivity index (χ1v) is 13.8. The molecule has 6 rings (SSSR count). The first kappa shape index (κ1) is 24.9. The molecule has 4 heterocycles. The van der Waals surface area contributed by atoms with E-state index < -0.39 is 0 Å². The molecule has 2 aromatic carbocycles. The summed E-state index contributed by atoms with van der Waals surface area (Å²) in [5, 5.41) is 4.32. The molecule has 196 valence electrons. The number of hydrogen-bond donors (Lipinski definition) is 1. The zero-order chi connectivity index (χ0) is 26.4. The SMILES string of the molecule is CC1=CC(C)(C)N(C)c2ccc([C@H]3[C@@H](c4ccccn4)NC(=S)N3c3ccc(N4CCOCC4)cc3)cc21. The van der Waals surface area contributed by atoms with Gasteiger partial charge in [-0.1, -0.05) is 18.2 Å². The van der Waals surface area contributed by atoms with Crippen LogP contribution < -0.4 is 20.0 Å². The van der Waals surface area contributed by atoms with Gasteiger partial charge in [-0.3, -0.25) is 4.98 Å². The molecule has 0 spiro atoms. The van der Waals surface area contributed by atoms with Crippen LogP contribution in [0, 0.1) is 0 Å². The Balaban J connectivity index is 1.42. The third-order valence-corrected chi connectivity index (χ3v) is 8.50. The van der Waals surface area contributed by atoms with Gasteiger partial charge >= 0.3 is 0 Å². The fourth-order valence-corrected chi connectivity index (χ4v) is 6.32. The van der Waals surface area contributed by atoms with Crippen molar-refractivity contribution in [2.45, 2.75) is 38.4 Å². The van der Waals surface area contributed by atoms with E-state index in [0.717, 1.165) is 37.7 Å². The number of aromatic nitrogens is 1. The standard InChI is InChI=1S/C31H35N5OS/c1-21-20-31(2,3)34(4)27-13-8-22(19-25(21)27)29-28(26-7-5-6-14-32-26)33-30(38)36(29)24-11-9-23(10-12-24)35-15-17-37-18-16-35/h5-14,19-20,28-29H,15-18H2,1-4H3,(H,33,38)/t28-,29+/m1/s1. The Morgan fingerprint density at radius 3 is 2.45 bits per heavy atom. The number of nitrogens with one attached hydrogen (secondary N) is 1. The molecule has 7 heteroatoms. The highest BCUT2D eigenvalue weighted by atomic mass is 32.1. The molecule has 0 unspecified atom stereocenters. The molecular weight excluding hydrogens is 490 g/mol. The molecule has 0 amide bonds. The van der Waals surface area contributed by atoms with Gasteiger partial charge in [0, 0.05) is 49.0 Å². The lowest BCUT2D eigenvalue weighted by Gasteiger charge is -2.41. The van der Waals surface area contributed by atoms with E-state index in [2.05, 4.69) is 102 Å². The van der Waals surface area contributed by atoms with Crippen molar-refractivity contribution < 1.29 is 4.74 Å². The summed E-state index contributed by atoms with van der Waals surface area (Å²) < 4.78 is 5.53. The maximum absolute atomic E-state index is 5.97. The van der Waals surface area contributed by atoms with Crippen LogP contribution in [-0.4, -0.2) is 49.0 Å². The zero-order valence-corrected chi connectivity index (χ0v) is 23.3. The molecule has 3 aromatic rings. The predicted octanol–water partition coefficient (Wildman–Crippen LogP) is 5.73. The van der Waals surface area contributed by atoms with Gasteiger partial charge in [0.2, 0.25) is 0 Å². The Hall–Kier alpha value is -3.42. The highest BCUT2D eigenvalue weighted by Crippen LogP contribution is 2.45. The third-order valence-electron chi connectivity index (χ3n) is 8.18. The molecule has 38 heavy (non-hydrogen) atoms. The number of anilines is 3. The number of pyridine rings is 1. The predicted molar refractivity (Wildman–Crippen MR) is 160 cm³/mol. The Bertz CT molecular complexity index is 1360. The van der Waals surface area contributed by atoms with Gasteiger partial charge in [-0.15, -0.1) is 0 Å². The van der Waals surface area contributed by atoms with Gasteiger partial charge in [0.05, 0.1) is 36.5 Å². The highest BCUT2D eigenvalue weighted by molar-refractivity contribution is 7.80. The smallest absolute Gasteiger partial charge is 0.174 e. The summed E-state index contributed by atoms with van der Waals surface area (Å²) in [4.78, 5) is 11.7. The fourth-order valence-electron chi connectivity index (χ4n) is 5.98. The van der Waals surface area contributed by atoms with E-state index in [-0.39, 0.29) is 17.6 Å². The summed E-state index contributed by atoms with van der Waals surface area (Å²) in [5.74, 6) is 0. The maximum Gasteiger partial charge on any atom is 0.174 e. The average Bonchev–Trinajstić information content (AvgIpc) is 3.29. The van der Waals surface area contributed by atoms with E-state index >= 15 is 0 Å². The zero-order valence-electron chi connectivity index (χ0n) is 22.5.